The van der Waals surface area contributed by atoms with Gasteiger partial charge in [-0.2, -0.15) is 0 Å². The Kier molecular flexibility index (Phi) is 64.9. The number of carbonyl (C=O) groups is 2. The van der Waals surface area contributed by atoms with Crippen LogP contribution in [0, 0.1) is 0 Å². The third kappa shape index (κ3) is 63.1. The second-order valence-electron chi connectivity index (χ2n) is 23.9. The Balaban J connectivity index is 3.39. The maximum absolute atomic E-state index is 12.5. The van der Waals surface area contributed by atoms with Crippen LogP contribution in [0.15, 0.2) is 36.5 Å². The van der Waals surface area contributed by atoms with Crippen LogP contribution in [0.5, 0.6) is 0 Å². The molecule has 0 aliphatic carbocycles. The molecular weight excluding hydrogens is 947 g/mol. The molecule has 77 heavy (non-hydrogen) atoms. The van der Waals surface area contributed by atoms with Crippen LogP contribution in [0.3, 0.4) is 0 Å². The van der Waals surface area contributed by atoms with Crippen LogP contribution in [0.4, 0.5) is 0 Å². The highest BCUT2D eigenvalue weighted by Gasteiger charge is 2.20. The maximum atomic E-state index is 12.5. The highest BCUT2D eigenvalue weighted by atomic mass is 16.5. The van der Waals surface area contributed by atoms with Crippen LogP contribution in [0.25, 0.3) is 0 Å². The first-order chi connectivity index (χ1) is 38.0. The number of amides is 1. The molecule has 0 saturated carbocycles. The molecule has 3 N–H and O–H groups in total. The van der Waals surface area contributed by atoms with Crippen molar-refractivity contribution in [2.75, 3.05) is 13.2 Å². The monoisotopic (exact) mass is 1080 g/mol. The zero-order valence-corrected chi connectivity index (χ0v) is 52.0. The Hall–Kier alpha value is -1.92. The van der Waals surface area contributed by atoms with Crippen LogP contribution < -0.4 is 5.32 Å². The smallest absolute Gasteiger partial charge is 0.305 e. The van der Waals surface area contributed by atoms with Crippen molar-refractivity contribution in [2.45, 2.75) is 392 Å². The number of esters is 1. The maximum Gasteiger partial charge on any atom is 0.305 e. The third-order valence-electron chi connectivity index (χ3n) is 16.2. The van der Waals surface area contributed by atoms with Crippen LogP contribution in [0.2, 0.25) is 0 Å². The molecule has 0 rings (SSSR count). The Labute approximate surface area is 481 Å². The van der Waals surface area contributed by atoms with Crippen LogP contribution in [0.1, 0.15) is 380 Å². The van der Waals surface area contributed by atoms with Gasteiger partial charge in [0.05, 0.1) is 25.4 Å². The van der Waals surface area contributed by atoms with Gasteiger partial charge in [-0.05, 0) is 83.5 Å². The zero-order valence-electron chi connectivity index (χ0n) is 52.0. The summed E-state index contributed by atoms with van der Waals surface area (Å²) >= 11 is 0. The predicted octanol–water partition coefficient (Wildman–Crippen LogP) is 22.3. The summed E-state index contributed by atoms with van der Waals surface area (Å²) in [6, 6.07) is -0.545. The number of hydrogen-bond acceptors (Lipinski definition) is 5. The number of nitrogens with one attached hydrogen (secondary N) is 1. The molecule has 6 nitrogen and oxygen atoms in total. The predicted molar refractivity (Wildman–Crippen MR) is 338 cm³/mol. The SMILES string of the molecule is CCCCC/C=C\C/C=C\CCCCCCCCCC(=O)OCCCCCCCCCCCCCC/C=C\CCCCCCCCCCCC(=O)NC(CO)C(O)CCCCCCCCCCCCCCCCCCCC. The Morgan fingerprint density at radius 1 is 0.364 bits per heavy atom. The third-order valence-corrected chi connectivity index (χ3v) is 16.2. The average Bonchev–Trinajstić information content (AvgIpc) is 3.43. The fourth-order valence-corrected chi connectivity index (χ4v) is 10.8. The summed E-state index contributed by atoms with van der Waals surface area (Å²) in [5, 5.41) is 23.4. The molecule has 0 bridgehead atoms. The standard InChI is InChI=1S/C71H135NO5/c1-3-5-7-9-11-13-15-17-19-21-32-35-39-43-47-51-55-59-63-69(74)68(67-73)72-70(75)64-60-56-52-48-44-40-36-33-29-27-25-23-22-24-26-28-30-34-38-42-46-50-54-58-62-66-77-71(76)65-61-57-53-49-45-41-37-31-20-18-16-14-12-10-8-6-4-2/h12,14,18,20,23,25,68-69,73-74H,3-11,13,15-17,19,21-22,24,26-67H2,1-2H3,(H,72,75)/b14-12-,20-18-,25-23-. The summed E-state index contributed by atoms with van der Waals surface area (Å²) in [5.74, 6) is -0.0288. The minimum atomic E-state index is -0.667. The van der Waals surface area contributed by atoms with Gasteiger partial charge in [-0.1, -0.05) is 320 Å². The van der Waals surface area contributed by atoms with Gasteiger partial charge in [0.1, 0.15) is 0 Å². The molecule has 0 radical (unpaired) electrons. The van der Waals surface area contributed by atoms with E-state index >= 15 is 0 Å². The normalized spacial score (nSPS) is 12.7. The lowest BCUT2D eigenvalue weighted by atomic mass is 10.0. The zero-order chi connectivity index (χ0) is 55.7. The first-order valence-corrected chi connectivity index (χ1v) is 34.7. The Morgan fingerprint density at radius 3 is 1.03 bits per heavy atom. The minimum Gasteiger partial charge on any atom is -0.466 e. The lowest BCUT2D eigenvalue weighted by Gasteiger charge is -2.22. The Morgan fingerprint density at radius 2 is 0.649 bits per heavy atom. The highest BCUT2D eigenvalue weighted by molar-refractivity contribution is 5.76. The van der Waals surface area contributed by atoms with Gasteiger partial charge < -0.3 is 20.3 Å². The Bertz CT molecular complexity index is 1250. The van der Waals surface area contributed by atoms with Gasteiger partial charge in [0, 0.05) is 12.8 Å². The molecule has 0 spiro atoms. The number of ether oxygens (including phenoxy) is 1. The van der Waals surface area contributed by atoms with Crippen molar-refractivity contribution in [3.63, 3.8) is 0 Å². The van der Waals surface area contributed by atoms with Crippen molar-refractivity contribution in [3.8, 4) is 0 Å². The molecule has 2 unspecified atom stereocenters. The number of carbonyl (C=O) groups excluding carboxylic acids is 2. The molecule has 6 heteroatoms. The summed E-state index contributed by atoms with van der Waals surface area (Å²) in [6.07, 6.45) is 84.6. The molecule has 0 aromatic heterocycles. The molecule has 0 fully saturated rings. The van der Waals surface area contributed by atoms with E-state index in [4.69, 9.17) is 4.74 Å². The fourth-order valence-electron chi connectivity index (χ4n) is 10.8. The number of unbranched alkanes of at least 4 members (excludes halogenated alkanes) is 48. The minimum absolute atomic E-state index is 0.00618. The summed E-state index contributed by atoms with van der Waals surface area (Å²) in [6.45, 7) is 4.95. The van der Waals surface area contributed by atoms with E-state index in [1.165, 1.54) is 295 Å². The molecule has 454 valence electrons. The van der Waals surface area contributed by atoms with E-state index in [2.05, 4.69) is 55.6 Å². The lowest BCUT2D eigenvalue weighted by molar-refractivity contribution is -0.143. The van der Waals surface area contributed by atoms with Gasteiger partial charge in [0.25, 0.3) is 0 Å². The van der Waals surface area contributed by atoms with Crippen molar-refractivity contribution in [1.82, 2.24) is 5.32 Å². The van der Waals surface area contributed by atoms with Crippen LogP contribution >= 0.6 is 0 Å². The van der Waals surface area contributed by atoms with Crippen LogP contribution in [-0.4, -0.2) is 47.4 Å². The van der Waals surface area contributed by atoms with E-state index in [-0.39, 0.29) is 18.5 Å². The number of hydrogen-bond donors (Lipinski definition) is 3. The topological polar surface area (TPSA) is 95.9 Å². The molecule has 0 aromatic rings. The summed E-state index contributed by atoms with van der Waals surface area (Å²) in [5.41, 5.74) is 0. The van der Waals surface area contributed by atoms with Crippen LogP contribution in [-0.2, 0) is 14.3 Å². The van der Waals surface area contributed by atoms with Crippen molar-refractivity contribution in [3.05, 3.63) is 36.5 Å². The van der Waals surface area contributed by atoms with Gasteiger partial charge >= 0.3 is 5.97 Å². The van der Waals surface area contributed by atoms with Gasteiger partial charge in [-0.3, -0.25) is 9.59 Å². The molecular formula is C71H135NO5. The van der Waals surface area contributed by atoms with E-state index in [9.17, 15) is 19.8 Å². The second kappa shape index (κ2) is 66.6. The summed E-state index contributed by atoms with van der Waals surface area (Å²) in [4.78, 5) is 24.6. The molecule has 0 aliphatic rings. The van der Waals surface area contributed by atoms with E-state index in [0.29, 0.717) is 25.9 Å². The molecule has 2 atom stereocenters. The number of aliphatic hydroxyl groups is 2. The number of rotatable bonds is 65. The van der Waals surface area contributed by atoms with Crippen molar-refractivity contribution < 1.29 is 24.5 Å². The second-order valence-corrected chi connectivity index (χ2v) is 23.9. The summed E-state index contributed by atoms with van der Waals surface area (Å²) < 4.78 is 5.49. The van der Waals surface area contributed by atoms with Gasteiger partial charge in [-0.15, -0.1) is 0 Å². The quantitative estimate of drug-likeness (QED) is 0.0320. The van der Waals surface area contributed by atoms with E-state index in [1.54, 1.807) is 0 Å². The molecule has 0 heterocycles. The number of aliphatic hydroxyl groups excluding tert-OH is 2. The van der Waals surface area contributed by atoms with E-state index < -0.39 is 12.1 Å². The molecule has 0 aliphatic heterocycles. The van der Waals surface area contributed by atoms with Gasteiger partial charge in [-0.25, -0.2) is 0 Å². The largest absolute Gasteiger partial charge is 0.466 e. The first-order valence-electron chi connectivity index (χ1n) is 34.7. The lowest BCUT2D eigenvalue weighted by Crippen LogP contribution is -2.45. The molecule has 0 saturated heterocycles. The van der Waals surface area contributed by atoms with Gasteiger partial charge in [0.15, 0.2) is 0 Å². The fraction of sp³-hybridized carbons (Fsp3) is 0.887. The van der Waals surface area contributed by atoms with E-state index in [0.717, 1.165) is 51.4 Å². The van der Waals surface area contributed by atoms with Crippen molar-refractivity contribution in [1.29, 1.82) is 0 Å². The average molecular weight is 1080 g/mol. The molecule has 1 amide bonds. The summed E-state index contributed by atoms with van der Waals surface area (Å²) in [7, 11) is 0. The van der Waals surface area contributed by atoms with Gasteiger partial charge in [0.2, 0.25) is 5.91 Å². The van der Waals surface area contributed by atoms with E-state index in [1.807, 2.05) is 0 Å². The van der Waals surface area contributed by atoms with Crippen molar-refractivity contribution >= 4 is 11.9 Å². The molecule has 0 aromatic carbocycles. The number of allylic oxidation sites excluding steroid dienone is 6. The first kappa shape index (κ1) is 75.1. The highest BCUT2D eigenvalue weighted by Crippen LogP contribution is 2.18. The van der Waals surface area contributed by atoms with Crippen molar-refractivity contribution in [2.24, 2.45) is 0 Å².